The van der Waals surface area contributed by atoms with Crippen LogP contribution in [0.15, 0.2) is 50.4 Å². The third kappa shape index (κ3) is 2.31. The fourth-order valence-electron chi connectivity index (χ4n) is 1.59. The molecule has 1 aromatic heterocycles. The normalized spacial score (nSPS) is 11.4. The van der Waals surface area contributed by atoms with E-state index >= 15 is 0 Å². The molecule has 4 nitrogen and oxygen atoms in total. The maximum absolute atomic E-state index is 11.6. The van der Waals surface area contributed by atoms with Gasteiger partial charge in [-0.2, -0.15) is 0 Å². The molecule has 0 N–H and O–H groups in total. The Labute approximate surface area is 102 Å². The van der Waals surface area contributed by atoms with Crippen molar-refractivity contribution in [2.24, 2.45) is 0 Å². The molecular weight excluding hydrogens is 242 g/mol. The van der Waals surface area contributed by atoms with Crippen LogP contribution in [0.5, 0.6) is 0 Å². The minimum atomic E-state index is -0.659. The largest absolute Gasteiger partial charge is 0.422 e. The van der Waals surface area contributed by atoms with E-state index in [0.29, 0.717) is 23.3 Å². The number of allylic oxidation sites excluding steroid dienone is 2. The number of alkyl halides is 1. The summed E-state index contributed by atoms with van der Waals surface area (Å²) in [4.78, 5) is 23.0. The summed E-state index contributed by atoms with van der Waals surface area (Å²) in [5.74, 6) is -0.281. The standard InChI is InChI=1S/C12H10ClNO3/c13-7-3-4-8-14-10-6-2-1-5-9(10)11(15)17-12(14)16/h1-6H,7-8H2/b4-3-. The topological polar surface area (TPSA) is 52.2 Å². The molecule has 0 fully saturated rings. The molecule has 0 atom stereocenters. The van der Waals surface area contributed by atoms with Gasteiger partial charge in [-0.3, -0.25) is 4.57 Å². The lowest BCUT2D eigenvalue weighted by Crippen LogP contribution is -2.24. The van der Waals surface area contributed by atoms with Crippen LogP contribution in [0.2, 0.25) is 0 Å². The average molecular weight is 252 g/mol. The fourth-order valence-corrected chi connectivity index (χ4v) is 1.71. The second kappa shape index (κ2) is 5.01. The molecule has 17 heavy (non-hydrogen) atoms. The maximum atomic E-state index is 11.6. The van der Waals surface area contributed by atoms with Gasteiger partial charge in [-0.1, -0.05) is 24.3 Å². The van der Waals surface area contributed by atoms with Crippen LogP contribution in [-0.4, -0.2) is 10.4 Å². The second-order valence-electron chi connectivity index (χ2n) is 3.41. The zero-order valence-corrected chi connectivity index (χ0v) is 9.68. The molecule has 0 saturated heterocycles. The molecular formula is C12H10ClNO3. The van der Waals surface area contributed by atoms with Gasteiger partial charge < -0.3 is 4.42 Å². The molecule has 0 saturated carbocycles. The Morgan fingerprint density at radius 1 is 1.24 bits per heavy atom. The molecule has 0 spiro atoms. The lowest BCUT2D eigenvalue weighted by atomic mass is 10.2. The van der Waals surface area contributed by atoms with Crippen LogP contribution in [0.1, 0.15) is 0 Å². The minimum Gasteiger partial charge on any atom is -0.372 e. The highest BCUT2D eigenvalue weighted by Crippen LogP contribution is 2.07. The van der Waals surface area contributed by atoms with E-state index in [1.54, 1.807) is 36.4 Å². The highest BCUT2D eigenvalue weighted by atomic mass is 35.5. The number of hydrogen-bond donors (Lipinski definition) is 0. The molecule has 2 rings (SSSR count). The first-order valence-corrected chi connectivity index (χ1v) is 5.61. The van der Waals surface area contributed by atoms with Crippen molar-refractivity contribution in [3.63, 3.8) is 0 Å². The molecule has 5 heteroatoms. The number of para-hydroxylation sites is 1. The smallest absolute Gasteiger partial charge is 0.372 e. The van der Waals surface area contributed by atoms with E-state index in [4.69, 9.17) is 11.6 Å². The third-order valence-electron chi connectivity index (χ3n) is 2.36. The predicted molar refractivity (Wildman–Crippen MR) is 66.6 cm³/mol. The first-order valence-electron chi connectivity index (χ1n) is 5.07. The SMILES string of the molecule is O=c1oc(=O)n(C/C=C\CCl)c2ccccc12. The van der Waals surface area contributed by atoms with E-state index in [1.807, 2.05) is 0 Å². The molecule has 88 valence electrons. The van der Waals surface area contributed by atoms with Crippen LogP contribution in [0.3, 0.4) is 0 Å². The summed E-state index contributed by atoms with van der Waals surface area (Å²) in [7, 11) is 0. The Bertz CT molecular complexity index is 669. The lowest BCUT2D eigenvalue weighted by Gasteiger charge is -2.04. The highest BCUT2D eigenvalue weighted by Gasteiger charge is 2.06. The zero-order valence-electron chi connectivity index (χ0n) is 8.93. The molecule has 1 aromatic carbocycles. The van der Waals surface area contributed by atoms with Crippen LogP contribution in [0.25, 0.3) is 10.9 Å². The quantitative estimate of drug-likeness (QED) is 0.617. The van der Waals surface area contributed by atoms with E-state index < -0.39 is 11.4 Å². The van der Waals surface area contributed by atoms with Crippen LogP contribution < -0.4 is 11.4 Å². The van der Waals surface area contributed by atoms with Gasteiger partial charge >= 0.3 is 11.4 Å². The van der Waals surface area contributed by atoms with E-state index in [-0.39, 0.29) is 0 Å². The number of halogens is 1. The molecule has 0 aliphatic heterocycles. The monoisotopic (exact) mass is 251 g/mol. The molecule has 1 heterocycles. The number of fused-ring (bicyclic) bond motifs is 1. The van der Waals surface area contributed by atoms with Crippen molar-refractivity contribution >= 4 is 22.5 Å². The molecule has 0 aliphatic carbocycles. The maximum Gasteiger partial charge on any atom is 0.422 e. The van der Waals surface area contributed by atoms with Crippen LogP contribution in [0.4, 0.5) is 0 Å². The zero-order chi connectivity index (χ0) is 12.3. The van der Waals surface area contributed by atoms with E-state index in [9.17, 15) is 9.59 Å². The van der Waals surface area contributed by atoms with Crippen molar-refractivity contribution in [3.05, 3.63) is 57.4 Å². The predicted octanol–water partition coefficient (Wildman–Crippen LogP) is 1.75. The number of aromatic nitrogens is 1. The molecule has 0 unspecified atom stereocenters. The van der Waals surface area contributed by atoms with Gasteiger partial charge in [-0.25, -0.2) is 9.59 Å². The molecule has 2 aromatic rings. The van der Waals surface area contributed by atoms with Gasteiger partial charge in [-0.05, 0) is 12.1 Å². The number of hydrogen-bond acceptors (Lipinski definition) is 3. The summed E-state index contributed by atoms with van der Waals surface area (Å²) in [5.41, 5.74) is -0.0452. The van der Waals surface area contributed by atoms with Crippen molar-refractivity contribution in [1.29, 1.82) is 0 Å². The highest BCUT2D eigenvalue weighted by molar-refractivity contribution is 6.18. The van der Waals surface area contributed by atoms with Crippen molar-refractivity contribution in [2.45, 2.75) is 6.54 Å². The summed E-state index contributed by atoms with van der Waals surface area (Å²) >= 11 is 5.50. The number of nitrogens with zero attached hydrogens (tertiary/aromatic N) is 1. The molecule has 0 radical (unpaired) electrons. The summed E-state index contributed by atoms with van der Waals surface area (Å²) in [5, 5.41) is 0.395. The van der Waals surface area contributed by atoms with Gasteiger partial charge in [0.2, 0.25) is 0 Å². The number of rotatable bonds is 3. The summed E-state index contributed by atoms with van der Waals surface area (Å²) in [6.07, 6.45) is 3.48. The van der Waals surface area contributed by atoms with Gasteiger partial charge in [0.1, 0.15) is 0 Å². The van der Waals surface area contributed by atoms with Crippen molar-refractivity contribution in [3.8, 4) is 0 Å². The Kier molecular flexibility index (Phi) is 3.44. The van der Waals surface area contributed by atoms with Gasteiger partial charge in [0, 0.05) is 12.4 Å². The fraction of sp³-hybridized carbons (Fsp3) is 0.167. The number of benzene rings is 1. The molecule has 0 bridgehead atoms. The van der Waals surface area contributed by atoms with Gasteiger partial charge in [0.15, 0.2) is 0 Å². The molecule has 0 aliphatic rings. The van der Waals surface area contributed by atoms with Crippen molar-refractivity contribution in [1.82, 2.24) is 4.57 Å². The van der Waals surface area contributed by atoms with Gasteiger partial charge in [0.25, 0.3) is 0 Å². The van der Waals surface area contributed by atoms with Crippen LogP contribution in [-0.2, 0) is 6.54 Å². The van der Waals surface area contributed by atoms with E-state index in [0.717, 1.165) is 0 Å². The third-order valence-corrected chi connectivity index (χ3v) is 2.54. The summed E-state index contributed by atoms with van der Waals surface area (Å²) in [6, 6.07) is 6.83. The van der Waals surface area contributed by atoms with Crippen LogP contribution >= 0.6 is 11.6 Å². The van der Waals surface area contributed by atoms with Crippen molar-refractivity contribution in [2.75, 3.05) is 5.88 Å². The lowest BCUT2D eigenvalue weighted by molar-refractivity contribution is 0.426. The minimum absolute atomic E-state index is 0.329. The first kappa shape index (κ1) is 11.7. The second-order valence-corrected chi connectivity index (χ2v) is 3.72. The Hall–Kier alpha value is -1.81. The summed E-state index contributed by atoms with van der Waals surface area (Å²) in [6.45, 7) is 0.329. The molecule has 0 amide bonds. The first-order chi connectivity index (χ1) is 8.24. The van der Waals surface area contributed by atoms with E-state index in [2.05, 4.69) is 4.42 Å². The Balaban J connectivity index is 2.65. The van der Waals surface area contributed by atoms with Crippen LogP contribution in [0, 0.1) is 0 Å². The van der Waals surface area contributed by atoms with Gasteiger partial charge in [0.05, 0.1) is 10.9 Å². The summed E-state index contributed by atoms with van der Waals surface area (Å²) < 4.78 is 6.03. The average Bonchev–Trinajstić information content (AvgIpc) is 2.33. The van der Waals surface area contributed by atoms with Gasteiger partial charge in [-0.15, -0.1) is 11.6 Å². The Morgan fingerprint density at radius 3 is 2.76 bits per heavy atom. The Morgan fingerprint density at radius 2 is 2.00 bits per heavy atom. The van der Waals surface area contributed by atoms with Crippen molar-refractivity contribution < 1.29 is 4.42 Å². The van der Waals surface area contributed by atoms with E-state index in [1.165, 1.54) is 4.57 Å².